The van der Waals surface area contributed by atoms with Gasteiger partial charge in [0.15, 0.2) is 12.6 Å². The molecule has 1 amide bonds. The summed E-state index contributed by atoms with van der Waals surface area (Å²) < 4.78 is 11.0. The number of aliphatic imine (C=N–C) groups is 1. The second-order valence-electron chi connectivity index (χ2n) is 6.57. The fourth-order valence-electron chi connectivity index (χ4n) is 2.87. The fourth-order valence-corrected chi connectivity index (χ4v) is 2.87. The van der Waals surface area contributed by atoms with Gasteiger partial charge in [-0.2, -0.15) is 0 Å². The van der Waals surface area contributed by atoms with E-state index in [1.54, 1.807) is 7.11 Å². The van der Waals surface area contributed by atoms with Crippen LogP contribution >= 0.6 is 24.0 Å². The Morgan fingerprint density at radius 1 is 1.00 bits per heavy atom. The van der Waals surface area contributed by atoms with Crippen molar-refractivity contribution in [2.75, 3.05) is 33.4 Å². The molecule has 7 nitrogen and oxygen atoms in total. The molecule has 0 aromatic heterocycles. The van der Waals surface area contributed by atoms with Gasteiger partial charge in [-0.1, -0.05) is 30.3 Å². The molecule has 0 saturated heterocycles. The van der Waals surface area contributed by atoms with Gasteiger partial charge in [0.1, 0.15) is 11.5 Å². The lowest BCUT2D eigenvalue weighted by Gasteiger charge is -2.13. The third kappa shape index (κ3) is 9.91. The van der Waals surface area contributed by atoms with Crippen LogP contribution in [0.2, 0.25) is 0 Å². The summed E-state index contributed by atoms with van der Waals surface area (Å²) in [6.45, 7) is 6.53. The summed E-state index contributed by atoms with van der Waals surface area (Å²) in [5.41, 5.74) is 2.16. The van der Waals surface area contributed by atoms with E-state index in [1.807, 2.05) is 56.3 Å². The summed E-state index contributed by atoms with van der Waals surface area (Å²) in [5.74, 6) is 2.17. The molecule has 2 aromatic carbocycles. The molecule has 0 aliphatic rings. The minimum absolute atomic E-state index is 0. The molecule has 8 heteroatoms. The van der Waals surface area contributed by atoms with Gasteiger partial charge < -0.3 is 25.4 Å². The number of halogens is 1. The molecule has 0 unspecified atom stereocenters. The molecule has 0 fully saturated rings. The number of nitrogens with one attached hydrogen (secondary N) is 3. The summed E-state index contributed by atoms with van der Waals surface area (Å²) >= 11 is 0. The Labute approximate surface area is 202 Å². The second kappa shape index (κ2) is 15.3. The Hall–Kier alpha value is -2.49. The smallest absolute Gasteiger partial charge is 0.257 e. The minimum Gasteiger partial charge on any atom is -0.496 e. The molecule has 0 aliphatic heterocycles. The minimum atomic E-state index is -0.130. The number of hydrogen-bond acceptors (Lipinski definition) is 4. The van der Waals surface area contributed by atoms with Crippen LogP contribution < -0.4 is 25.4 Å². The number of ether oxygens (including phenoxy) is 2. The van der Waals surface area contributed by atoms with Crippen molar-refractivity contribution in [3.8, 4) is 11.5 Å². The Balaban J connectivity index is 0.00000480. The third-order valence-electron chi connectivity index (χ3n) is 4.29. The van der Waals surface area contributed by atoms with E-state index in [-0.39, 0.29) is 36.5 Å². The van der Waals surface area contributed by atoms with Gasteiger partial charge in [-0.25, -0.2) is 4.99 Å². The topological polar surface area (TPSA) is 84.0 Å². The predicted molar refractivity (Wildman–Crippen MR) is 136 cm³/mol. The molecule has 0 saturated carbocycles. The first-order chi connectivity index (χ1) is 14.7. The fraction of sp³-hybridized carbons (Fsp3) is 0.391. The van der Waals surface area contributed by atoms with E-state index < -0.39 is 0 Å². The van der Waals surface area contributed by atoms with Crippen molar-refractivity contribution in [1.29, 1.82) is 0 Å². The number of hydrogen-bond donors (Lipinski definition) is 3. The predicted octanol–water partition coefficient (Wildman–Crippen LogP) is 3.13. The molecule has 0 heterocycles. The first-order valence-corrected chi connectivity index (χ1v) is 10.3. The number of amides is 1. The van der Waals surface area contributed by atoms with E-state index in [0.717, 1.165) is 42.3 Å². The maximum Gasteiger partial charge on any atom is 0.257 e. The molecule has 0 atom stereocenters. The van der Waals surface area contributed by atoms with E-state index in [2.05, 4.69) is 27.0 Å². The zero-order valence-electron chi connectivity index (χ0n) is 18.4. The molecule has 2 aromatic rings. The Bertz CT molecular complexity index is 830. The highest BCUT2D eigenvalue weighted by atomic mass is 127. The quantitative estimate of drug-likeness (QED) is 0.232. The third-order valence-corrected chi connectivity index (χ3v) is 4.29. The molecule has 2 rings (SSSR count). The summed E-state index contributed by atoms with van der Waals surface area (Å²) in [5, 5.41) is 9.33. The van der Waals surface area contributed by atoms with E-state index in [9.17, 15) is 4.79 Å². The molecular weight excluding hydrogens is 507 g/mol. The van der Waals surface area contributed by atoms with E-state index in [4.69, 9.17) is 9.47 Å². The maximum absolute atomic E-state index is 11.5. The number of benzene rings is 2. The van der Waals surface area contributed by atoms with E-state index in [0.29, 0.717) is 18.8 Å². The molecule has 31 heavy (non-hydrogen) atoms. The maximum atomic E-state index is 11.5. The highest BCUT2D eigenvalue weighted by Gasteiger charge is 2.04. The van der Waals surface area contributed by atoms with Crippen LogP contribution in [0.4, 0.5) is 0 Å². The highest BCUT2D eigenvalue weighted by molar-refractivity contribution is 14.0. The van der Waals surface area contributed by atoms with Crippen molar-refractivity contribution in [1.82, 2.24) is 16.0 Å². The summed E-state index contributed by atoms with van der Waals surface area (Å²) in [7, 11) is 1.69. The Morgan fingerprint density at radius 3 is 2.52 bits per heavy atom. The van der Waals surface area contributed by atoms with Crippen molar-refractivity contribution in [2.24, 2.45) is 4.99 Å². The first-order valence-electron chi connectivity index (χ1n) is 10.3. The van der Waals surface area contributed by atoms with E-state index >= 15 is 0 Å². The average Bonchev–Trinajstić information content (AvgIpc) is 2.77. The number of nitrogens with zero attached hydrogens (tertiary/aromatic N) is 1. The highest BCUT2D eigenvalue weighted by Crippen LogP contribution is 2.17. The van der Waals surface area contributed by atoms with E-state index in [1.165, 1.54) is 0 Å². The lowest BCUT2D eigenvalue weighted by atomic mass is 10.1. The monoisotopic (exact) mass is 540 g/mol. The van der Waals surface area contributed by atoms with Gasteiger partial charge in [-0.05, 0) is 49.6 Å². The molecule has 0 spiro atoms. The van der Waals surface area contributed by atoms with Gasteiger partial charge in [0, 0.05) is 19.6 Å². The van der Waals surface area contributed by atoms with Crippen molar-refractivity contribution in [3.05, 3.63) is 59.7 Å². The Morgan fingerprint density at radius 2 is 1.77 bits per heavy atom. The van der Waals surface area contributed by atoms with Crippen molar-refractivity contribution in [3.63, 3.8) is 0 Å². The number of carbonyl (C=O) groups excluding carboxylic acids is 1. The number of guanidine groups is 1. The first kappa shape index (κ1) is 26.5. The van der Waals surface area contributed by atoms with Crippen LogP contribution in [0, 0.1) is 0 Å². The normalized spacial score (nSPS) is 10.6. The van der Waals surface area contributed by atoms with Crippen LogP contribution in [0.25, 0.3) is 0 Å². The van der Waals surface area contributed by atoms with Gasteiger partial charge in [-0.3, -0.25) is 4.79 Å². The summed E-state index contributed by atoms with van der Waals surface area (Å²) in [6.07, 6.45) is 0.831. The number of para-hydroxylation sites is 1. The molecule has 170 valence electrons. The van der Waals surface area contributed by atoms with Crippen LogP contribution in [-0.4, -0.2) is 45.2 Å². The number of carbonyl (C=O) groups is 1. The SMILES string of the molecule is CCNC(=O)COc1cccc(CN=C(NCC)NCCc2ccccc2OC)c1.I. The number of rotatable bonds is 11. The van der Waals surface area contributed by atoms with Gasteiger partial charge in [-0.15, -0.1) is 24.0 Å². The molecule has 0 radical (unpaired) electrons. The summed E-state index contributed by atoms with van der Waals surface area (Å²) in [6, 6.07) is 15.6. The molecule has 0 bridgehead atoms. The van der Waals surface area contributed by atoms with Crippen molar-refractivity contribution < 1.29 is 14.3 Å². The van der Waals surface area contributed by atoms with Gasteiger partial charge in [0.05, 0.1) is 13.7 Å². The van der Waals surface area contributed by atoms with Crippen LogP contribution in [-0.2, 0) is 17.8 Å². The molecule has 0 aliphatic carbocycles. The lowest BCUT2D eigenvalue weighted by molar-refractivity contribution is -0.122. The zero-order chi connectivity index (χ0) is 21.6. The summed E-state index contributed by atoms with van der Waals surface area (Å²) in [4.78, 5) is 16.2. The van der Waals surface area contributed by atoms with Crippen LogP contribution in [0.5, 0.6) is 11.5 Å². The molecular formula is C23H33IN4O3. The second-order valence-corrected chi connectivity index (χ2v) is 6.57. The van der Waals surface area contributed by atoms with Gasteiger partial charge in [0.2, 0.25) is 0 Å². The standard InChI is InChI=1S/C23H32N4O3.HI/c1-4-24-22(28)17-30-20-11-8-9-18(15-20)16-27-23(25-5-2)26-14-13-19-10-6-7-12-21(19)29-3;/h6-12,15H,4-5,13-14,16-17H2,1-3H3,(H,24,28)(H2,25,26,27);1H. The largest absolute Gasteiger partial charge is 0.496 e. The average molecular weight is 540 g/mol. The van der Waals surface area contributed by atoms with Crippen molar-refractivity contribution in [2.45, 2.75) is 26.8 Å². The molecule has 3 N–H and O–H groups in total. The Kier molecular flexibility index (Phi) is 13.1. The van der Waals surface area contributed by atoms with Crippen LogP contribution in [0.3, 0.4) is 0 Å². The number of methoxy groups -OCH3 is 1. The lowest BCUT2D eigenvalue weighted by Crippen LogP contribution is -2.38. The van der Waals surface area contributed by atoms with Crippen LogP contribution in [0.15, 0.2) is 53.5 Å². The number of likely N-dealkylation sites (N-methyl/N-ethyl adjacent to an activating group) is 1. The van der Waals surface area contributed by atoms with Gasteiger partial charge >= 0.3 is 0 Å². The van der Waals surface area contributed by atoms with Crippen molar-refractivity contribution >= 4 is 35.8 Å². The zero-order valence-corrected chi connectivity index (χ0v) is 20.8. The van der Waals surface area contributed by atoms with Crippen LogP contribution in [0.1, 0.15) is 25.0 Å². The van der Waals surface area contributed by atoms with Gasteiger partial charge in [0.25, 0.3) is 5.91 Å².